The van der Waals surface area contributed by atoms with Crippen molar-refractivity contribution in [1.82, 2.24) is 19.2 Å². The SMILES string of the molecule is CC(C)(C)OC(=O)N(CC(=O)O)C(=O)c1ccc(Br)c(CN(Cc2ccc(OC(F)F)cc2)S(=O)(=O)c2cccnc2)n1. The number of carboxylic acids is 1. The van der Waals surface area contributed by atoms with Gasteiger partial charge in [0.05, 0.1) is 12.2 Å². The molecule has 0 aliphatic rings. The lowest BCUT2D eigenvalue weighted by Crippen LogP contribution is -2.44. The van der Waals surface area contributed by atoms with Gasteiger partial charge in [0.15, 0.2) is 0 Å². The molecule has 3 aromatic rings. The fraction of sp³-hybridized carbons (Fsp3) is 0.296. The van der Waals surface area contributed by atoms with E-state index >= 15 is 0 Å². The molecule has 1 aromatic carbocycles. The van der Waals surface area contributed by atoms with Crippen LogP contribution in [-0.4, -0.2) is 69.4 Å². The van der Waals surface area contributed by atoms with Crippen molar-refractivity contribution in [3.8, 4) is 5.75 Å². The van der Waals surface area contributed by atoms with Crippen LogP contribution in [0.2, 0.25) is 0 Å². The smallest absolute Gasteiger partial charge is 0.417 e. The van der Waals surface area contributed by atoms with Gasteiger partial charge in [-0.25, -0.2) is 23.1 Å². The first-order valence-electron chi connectivity index (χ1n) is 12.4. The minimum atomic E-state index is -4.23. The number of carboxylic acid groups (broad SMARTS) is 1. The Hall–Kier alpha value is -4.02. The van der Waals surface area contributed by atoms with E-state index in [-0.39, 0.29) is 28.6 Å². The molecule has 0 saturated carbocycles. The van der Waals surface area contributed by atoms with Gasteiger partial charge >= 0.3 is 18.7 Å². The predicted molar refractivity (Wildman–Crippen MR) is 151 cm³/mol. The molecule has 0 bridgehead atoms. The van der Waals surface area contributed by atoms with Crippen molar-refractivity contribution in [3.05, 3.63) is 82.3 Å². The third kappa shape index (κ3) is 9.49. The highest BCUT2D eigenvalue weighted by Gasteiger charge is 2.32. The van der Waals surface area contributed by atoms with Gasteiger partial charge in [-0.1, -0.05) is 12.1 Å². The van der Waals surface area contributed by atoms with Crippen molar-refractivity contribution in [2.75, 3.05) is 6.54 Å². The van der Waals surface area contributed by atoms with Crippen LogP contribution in [0, 0.1) is 0 Å². The van der Waals surface area contributed by atoms with Gasteiger partial charge in [-0.2, -0.15) is 13.1 Å². The minimum absolute atomic E-state index is 0.0513. The van der Waals surface area contributed by atoms with Gasteiger partial charge in [0.25, 0.3) is 5.91 Å². The summed E-state index contributed by atoms with van der Waals surface area (Å²) in [6.07, 6.45) is 1.34. The molecule has 0 spiro atoms. The number of pyridine rings is 2. The molecule has 0 atom stereocenters. The third-order valence-electron chi connectivity index (χ3n) is 5.40. The van der Waals surface area contributed by atoms with Crippen molar-refractivity contribution < 1.29 is 46.2 Å². The molecular formula is C27H27BrF2N4O8S. The van der Waals surface area contributed by atoms with Gasteiger partial charge in [-0.15, -0.1) is 0 Å². The van der Waals surface area contributed by atoms with Crippen LogP contribution in [0.4, 0.5) is 13.6 Å². The average Bonchev–Trinajstić information content (AvgIpc) is 2.92. The molecular weight excluding hydrogens is 658 g/mol. The second kappa shape index (κ2) is 14.0. The summed E-state index contributed by atoms with van der Waals surface area (Å²) in [4.78, 5) is 45.7. The summed E-state index contributed by atoms with van der Waals surface area (Å²) in [6.45, 7) is -0.0640. The summed E-state index contributed by atoms with van der Waals surface area (Å²) in [7, 11) is -4.23. The summed E-state index contributed by atoms with van der Waals surface area (Å²) in [5.74, 6) is -2.68. The zero-order valence-corrected chi connectivity index (χ0v) is 25.5. The quantitative estimate of drug-likeness (QED) is 0.300. The number of rotatable bonds is 11. The number of nitrogens with zero attached hydrogens (tertiary/aromatic N) is 4. The number of amides is 2. The number of carbonyl (C=O) groups is 3. The number of sulfonamides is 1. The zero-order valence-electron chi connectivity index (χ0n) is 23.1. The third-order valence-corrected chi connectivity index (χ3v) is 7.89. The molecule has 0 fully saturated rings. The van der Waals surface area contributed by atoms with E-state index in [4.69, 9.17) is 4.74 Å². The molecule has 2 amide bonds. The monoisotopic (exact) mass is 684 g/mol. The number of carbonyl (C=O) groups excluding carboxylic acids is 2. The molecule has 0 unspecified atom stereocenters. The lowest BCUT2D eigenvalue weighted by atomic mass is 10.2. The molecule has 0 aliphatic carbocycles. The van der Waals surface area contributed by atoms with Crippen molar-refractivity contribution in [1.29, 1.82) is 0 Å². The summed E-state index contributed by atoms with van der Waals surface area (Å²) in [5.41, 5.74) is -0.917. The minimum Gasteiger partial charge on any atom is -0.480 e. The number of alkyl halides is 2. The van der Waals surface area contributed by atoms with Crippen LogP contribution in [0.15, 0.2) is 70.3 Å². The largest absolute Gasteiger partial charge is 0.480 e. The van der Waals surface area contributed by atoms with E-state index in [0.29, 0.717) is 14.9 Å². The first kappa shape index (κ1) is 33.5. The predicted octanol–water partition coefficient (Wildman–Crippen LogP) is 4.69. The topological polar surface area (TPSA) is 156 Å². The first-order valence-corrected chi connectivity index (χ1v) is 14.7. The van der Waals surface area contributed by atoms with Gasteiger partial charge in [-0.05, 0) is 78.7 Å². The van der Waals surface area contributed by atoms with Crippen LogP contribution in [0.5, 0.6) is 5.75 Å². The van der Waals surface area contributed by atoms with E-state index in [1.165, 1.54) is 54.7 Å². The second-order valence-electron chi connectivity index (χ2n) is 9.87. The van der Waals surface area contributed by atoms with Gasteiger partial charge in [0, 0.05) is 23.4 Å². The zero-order chi connectivity index (χ0) is 31.9. The summed E-state index contributed by atoms with van der Waals surface area (Å²) >= 11 is 3.30. The molecule has 0 aliphatic heterocycles. The maximum absolute atomic E-state index is 13.7. The number of benzene rings is 1. The molecule has 12 nitrogen and oxygen atoms in total. The normalized spacial score (nSPS) is 11.8. The second-order valence-corrected chi connectivity index (χ2v) is 12.7. The molecule has 43 heavy (non-hydrogen) atoms. The first-order chi connectivity index (χ1) is 20.1. The Bertz CT molecular complexity index is 1570. The molecule has 230 valence electrons. The van der Waals surface area contributed by atoms with Crippen LogP contribution in [0.3, 0.4) is 0 Å². The Kier molecular flexibility index (Phi) is 10.9. The van der Waals surface area contributed by atoms with Crippen LogP contribution in [0.1, 0.15) is 42.5 Å². The fourth-order valence-electron chi connectivity index (χ4n) is 3.55. The van der Waals surface area contributed by atoms with Gasteiger partial charge < -0.3 is 14.6 Å². The lowest BCUT2D eigenvalue weighted by Gasteiger charge is -2.25. The van der Waals surface area contributed by atoms with Gasteiger partial charge in [0.1, 0.15) is 28.5 Å². The maximum Gasteiger partial charge on any atom is 0.417 e. The highest BCUT2D eigenvalue weighted by molar-refractivity contribution is 9.10. The highest BCUT2D eigenvalue weighted by Crippen LogP contribution is 2.25. The molecule has 1 N–H and O–H groups in total. The summed E-state index contributed by atoms with van der Waals surface area (Å²) < 4.78 is 63.3. The Balaban J connectivity index is 1.99. The Labute approximate surface area is 254 Å². The average molecular weight is 686 g/mol. The van der Waals surface area contributed by atoms with Gasteiger partial charge in [-0.3, -0.25) is 14.6 Å². The van der Waals surface area contributed by atoms with Crippen molar-refractivity contribution >= 4 is 43.9 Å². The molecule has 16 heteroatoms. The van der Waals surface area contributed by atoms with Gasteiger partial charge in [0.2, 0.25) is 10.0 Å². The summed E-state index contributed by atoms with van der Waals surface area (Å²) in [5, 5.41) is 9.29. The Morgan fingerprint density at radius 2 is 1.72 bits per heavy atom. The molecule has 2 aromatic heterocycles. The standard InChI is InChI=1S/C27H27BrF2N4O8S/c1-27(2,3)42-26(38)34(16-23(35)36)24(37)21-11-10-20(28)22(32-21)15-33(43(39,40)19-5-4-12-31-13-19)14-17-6-8-18(9-7-17)41-25(29)30/h4-13,25H,14-16H2,1-3H3,(H,35,36). The highest BCUT2D eigenvalue weighted by atomic mass is 79.9. The van der Waals surface area contributed by atoms with E-state index in [9.17, 15) is 36.7 Å². The Morgan fingerprint density at radius 3 is 2.28 bits per heavy atom. The van der Waals surface area contributed by atoms with E-state index in [0.717, 1.165) is 10.5 Å². The fourth-order valence-corrected chi connectivity index (χ4v) is 5.25. The van der Waals surface area contributed by atoms with Crippen LogP contribution >= 0.6 is 15.9 Å². The van der Waals surface area contributed by atoms with Crippen molar-refractivity contribution in [2.24, 2.45) is 0 Å². The molecule has 0 radical (unpaired) electrons. The van der Waals surface area contributed by atoms with E-state index in [1.807, 2.05) is 0 Å². The van der Waals surface area contributed by atoms with Crippen LogP contribution < -0.4 is 4.74 Å². The summed E-state index contributed by atoms with van der Waals surface area (Å²) in [6, 6.07) is 10.7. The molecule has 2 heterocycles. The maximum atomic E-state index is 13.7. The lowest BCUT2D eigenvalue weighted by molar-refractivity contribution is -0.137. The van der Waals surface area contributed by atoms with E-state index in [2.05, 4.69) is 30.6 Å². The number of aliphatic carboxylic acids is 1. The molecule has 3 rings (SSSR count). The van der Waals surface area contributed by atoms with Crippen molar-refractivity contribution in [3.63, 3.8) is 0 Å². The van der Waals surface area contributed by atoms with Crippen LogP contribution in [0.25, 0.3) is 0 Å². The Morgan fingerprint density at radius 1 is 1.05 bits per heavy atom. The number of aromatic nitrogens is 2. The number of ether oxygens (including phenoxy) is 2. The number of halogens is 3. The molecule has 0 saturated heterocycles. The van der Waals surface area contributed by atoms with Crippen LogP contribution in [-0.2, 0) is 32.6 Å². The number of imide groups is 1. The number of hydrogen-bond donors (Lipinski definition) is 1. The van der Waals surface area contributed by atoms with Crippen molar-refractivity contribution in [2.45, 2.75) is 51.0 Å². The van der Waals surface area contributed by atoms with E-state index in [1.54, 1.807) is 20.8 Å². The van der Waals surface area contributed by atoms with E-state index < -0.39 is 53.3 Å². The number of hydrogen-bond acceptors (Lipinski definition) is 9.